The lowest BCUT2D eigenvalue weighted by Gasteiger charge is -2.03. The van der Waals surface area contributed by atoms with E-state index < -0.39 is 0 Å². The van der Waals surface area contributed by atoms with E-state index >= 15 is 0 Å². The molecule has 2 rings (SSSR count). The van der Waals surface area contributed by atoms with Crippen molar-refractivity contribution in [2.45, 2.75) is 6.42 Å². The molecular weight excluding hydrogens is 206 g/mol. The van der Waals surface area contributed by atoms with Crippen LogP contribution in [0.3, 0.4) is 0 Å². The lowest BCUT2D eigenvalue weighted by atomic mass is 10.3. The molecule has 0 saturated carbocycles. The van der Waals surface area contributed by atoms with Gasteiger partial charge in [-0.2, -0.15) is 0 Å². The van der Waals surface area contributed by atoms with Crippen LogP contribution in [0.15, 0.2) is 16.6 Å². The summed E-state index contributed by atoms with van der Waals surface area (Å²) in [7, 11) is 1.73. The van der Waals surface area contributed by atoms with Crippen molar-refractivity contribution >= 4 is 18.4 Å². The van der Waals surface area contributed by atoms with E-state index in [4.69, 9.17) is 0 Å². The molecule has 84 valence electrons. The number of H-pyrrole nitrogens is 1. The molecule has 1 heterocycles. The average molecular weight is 219 g/mol. The minimum atomic E-state index is -0.116. The molecule has 0 radical (unpaired) electrons. The number of fused-ring (bicyclic) bond motifs is 1. The number of aldehydes is 1. The van der Waals surface area contributed by atoms with E-state index in [0.29, 0.717) is 13.0 Å². The topological polar surface area (TPSA) is 66.9 Å². The Morgan fingerprint density at radius 3 is 3.12 bits per heavy atom. The first-order valence-electron chi connectivity index (χ1n) is 5.06. The molecule has 0 aromatic carbocycles. The summed E-state index contributed by atoms with van der Waals surface area (Å²) in [5, 5.41) is 4.68. The van der Waals surface area contributed by atoms with Gasteiger partial charge in [-0.1, -0.05) is 6.08 Å². The van der Waals surface area contributed by atoms with E-state index in [-0.39, 0.29) is 5.69 Å². The summed E-state index contributed by atoms with van der Waals surface area (Å²) in [5.41, 5.74) is 0.847. The Morgan fingerprint density at radius 1 is 1.56 bits per heavy atom. The van der Waals surface area contributed by atoms with Crippen LogP contribution in [0.4, 0.5) is 0 Å². The van der Waals surface area contributed by atoms with E-state index in [1.807, 2.05) is 18.2 Å². The van der Waals surface area contributed by atoms with Crippen LogP contribution in [0.1, 0.15) is 6.42 Å². The molecule has 0 fully saturated rings. The minimum Gasteiger partial charge on any atom is -0.381 e. The van der Waals surface area contributed by atoms with Crippen LogP contribution in [0.2, 0.25) is 0 Å². The van der Waals surface area contributed by atoms with Gasteiger partial charge in [0.2, 0.25) is 0 Å². The van der Waals surface area contributed by atoms with Crippen LogP contribution in [0, 0.1) is 0 Å². The van der Waals surface area contributed by atoms with E-state index in [9.17, 15) is 9.59 Å². The summed E-state index contributed by atoms with van der Waals surface area (Å²) in [6, 6.07) is 0. The van der Waals surface area contributed by atoms with Crippen LogP contribution in [0.5, 0.6) is 0 Å². The number of hydrogen-bond donors (Lipinski definition) is 2. The number of carbonyl (C=O) groups excluding carboxylic acids is 1. The van der Waals surface area contributed by atoms with E-state index in [1.54, 1.807) is 11.6 Å². The Balaban J connectivity index is 2.40. The molecule has 16 heavy (non-hydrogen) atoms. The first kappa shape index (κ1) is 10.5. The lowest BCUT2D eigenvalue weighted by molar-refractivity contribution is -0.107. The van der Waals surface area contributed by atoms with Gasteiger partial charge in [0.15, 0.2) is 0 Å². The van der Waals surface area contributed by atoms with Crippen molar-refractivity contribution in [3.05, 3.63) is 33.0 Å². The van der Waals surface area contributed by atoms with E-state index in [2.05, 4.69) is 10.3 Å². The number of rotatable bonds is 3. The van der Waals surface area contributed by atoms with Crippen molar-refractivity contribution in [1.82, 2.24) is 14.9 Å². The van der Waals surface area contributed by atoms with E-state index in [1.165, 1.54) is 0 Å². The predicted molar refractivity (Wildman–Crippen MR) is 61.0 cm³/mol. The van der Waals surface area contributed by atoms with Gasteiger partial charge in [0.25, 0.3) is 0 Å². The van der Waals surface area contributed by atoms with Crippen LogP contribution >= 0.6 is 0 Å². The number of nitrogens with zero attached hydrogens (tertiary/aromatic N) is 1. The number of aromatic amines is 1. The largest absolute Gasteiger partial charge is 0.381 e. The molecule has 1 aromatic rings. The van der Waals surface area contributed by atoms with Crippen LogP contribution in [-0.4, -0.2) is 22.4 Å². The molecule has 1 aliphatic carbocycles. The third kappa shape index (κ3) is 1.84. The summed E-state index contributed by atoms with van der Waals surface area (Å²) in [6.07, 6.45) is 7.18. The van der Waals surface area contributed by atoms with Gasteiger partial charge in [-0.05, 0) is 12.2 Å². The quantitative estimate of drug-likeness (QED) is 0.599. The van der Waals surface area contributed by atoms with Gasteiger partial charge in [-0.3, -0.25) is 4.57 Å². The molecule has 5 heteroatoms. The van der Waals surface area contributed by atoms with Crippen molar-refractivity contribution in [2.24, 2.45) is 7.05 Å². The number of hydrogen-bond acceptors (Lipinski definition) is 3. The van der Waals surface area contributed by atoms with Crippen LogP contribution < -0.4 is 21.7 Å². The fraction of sp³-hybridized carbons (Fsp3) is 0.273. The number of nitrogens with one attached hydrogen (secondary N) is 2. The number of carbonyl (C=O) groups is 1. The molecule has 0 aliphatic heterocycles. The normalized spacial score (nSPS) is 13.9. The summed E-state index contributed by atoms with van der Waals surface area (Å²) in [5.74, 6) is 0. The maximum atomic E-state index is 11.4. The molecule has 0 atom stereocenters. The Hall–Kier alpha value is -2.04. The smallest absolute Gasteiger partial charge is 0.326 e. The average Bonchev–Trinajstić information content (AvgIpc) is 2.47. The van der Waals surface area contributed by atoms with Crippen molar-refractivity contribution < 1.29 is 4.79 Å². The second-order valence-electron chi connectivity index (χ2n) is 3.60. The molecule has 2 N–H and O–H groups in total. The maximum Gasteiger partial charge on any atom is 0.326 e. The molecule has 0 unspecified atom stereocenters. The molecular formula is C11H13N3O2. The Labute approximate surface area is 91.8 Å². The molecule has 1 aromatic heterocycles. The van der Waals surface area contributed by atoms with Gasteiger partial charge in [0, 0.05) is 19.2 Å². The maximum absolute atomic E-state index is 11.4. The first-order chi connectivity index (χ1) is 7.72. The fourth-order valence-electron chi connectivity index (χ4n) is 1.69. The van der Waals surface area contributed by atoms with Crippen molar-refractivity contribution in [3.8, 4) is 0 Å². The molecule has 5 nitrogen and oxygen atoms in total. The Kier molecular flexibility index (Phi) is 2.76. The SMILES string of the molecule is Cn1c(=O)[nH]c2c1=CCC(NCC=O)=CC=2. The second kappa shape index (κ2) is 4.22. The zero-order valence-corrected chi connectivity index (χ0v) is 8.99. The van der Waals surface area contributed by atoms with Gasteiger partial charge in [-0.25, -0.2) is 4.79 Å². The van der Waals surface area contributed by atoms with Gasteiger partial charge in [0.05, 0.1) is 17.2 Å². The van der Waals surface area contributed by atoms with Gasteiger partial charge < -0.3 is 15.1 Å². The van der Waals surface area contributed by atoms with Crippen LogP contribution in [-0.2, 0) is 11.8 Å². The summed E-state index contributed by atoms with van der Waals surface area (Å²) < 4.78 is 1.57. The fourth-order valence-corrected chi connectivity index (χ4v) is 1.69. The second-order valence-corrected chi connectivity index (χ2v) is 3.60. The highest BCUT2D eigenvalue weighted by molar-refractivity contribution is 5.53. The predicted octanol–water partition coefficient (Wildman–Crippen LogP) is -1.65. The highest BCUT2D eigenvalue weighted by atomic mass is 16.1. The summed E-state index contributed by atoms with van der Waals surface area (Å²) >= 11 is 0. The van der Waals surface area contributed by atoms with Gasteiger partial charge in [0.1, 0.15) is 6.29 Å². The highest BCUT2D eigenvalue weighted by Gasteiger charge is 2.01. The van der Waals surface area contributed by atoms with Gasteiger partial charge in [-0.15, -0.1) is 0 Å². The highest BCUT2D eigenvalue weighted by Crippen LogP contribution is 1.99. The third-order valence-electron chi connectivity index (χ3n) is 2.56. The van der Waals surface area contributed by atoms with Crippen molar-refractivity contribution in [2.75, 3.05) is 6.54 Å². The summed E-state index contributed by atoms with van der Waals surface area (Å²) in [4.78, 5) is 24.4. The minimum absolute atomic E-state index is 0.116. The molecule has 0 amide bonds. The monoisotopic (exact) mass is 219 g/mol. The Morgan fingerprint density at radius 2 is 2.38 bits per heavy atom. The zero-order chi connectivity index (χ0) is 11.5. The number of imidazole rings is 1. The Bertz CT molecular complexity index is 604. The lowest BCUT2D eigenvalue weighted by Crippen LogP contribution is -2.29. The van der Waals surface area contributed by atoms with Crippen LogP contribution in [0.25, 0.3) is 12.2 Å². The van der Waals surface area contributed by atoms with E-state index in [0.717, 1.165) is 22.7 Å². The first-order valence-corrected chi connectivity index (χ1v) is 5.06. The third-order valence-corrected chi connectivity index (χ3v) is 2.56. The molecule has 1 aliphatic rings. The van der Waals surface area contributed by atoms with Crippen molar-refractivity contribution in [1.29, 1.82) is 0 Å². The molecule has 0 saturated heterocycles. The van der Waals surface area contributed by atoms with Crippen molar-refractivity contribution in [3.63, 3.8) is 0 Å². The molecule has 0 spiro atoms. The zero-order valence-electron chi connectivity index (χ0n) is 8.99. The number of aromatic nitrogens is 2. The summed E-state index contributed by atoms with van der Waals surface area (Å²) in [6.45, 7) is 0.306. The standard InChI is InChI=1S/C11H13N3O2/c1-14-10-5-3-8(12-6-7-15)2-4-9(10)13-11(14)16/h2,4-5,7,12H,3,6H2,1H3,(H,13,16). The number of allylic oxidation sites excluding steroid dienone is 2. The molecule has 0 bridgehead atoms. The van der Waals surface area contributed by atoms with Gasteiger partial charge >= 0.3 is 5.69 Å².